The molecule has 2 aromatic carbocycles. The minimum atomic E-state index is -0.0481. The van der Waals surface area contributed by atoms with Crippen LogP contribution in [0.1, 0.15) is 21.5 Å². The van der Waals surface area contributed by atoms with Crippen molar-refractivity contribution in [1.82, 2.24) is 9.88 Å². The van der Waals surface area contributed by atoms with Crippen LogP contribution in [0, 0.1) is 0 Å². The number of hydrogen-bond acceptors (Lipinski definition) is 4. The zero-order valence-electron chi connectivity index (χ0n) is 15.6. The third-order valence-electron chi connectivity index (χ3n) is 4.25. The number of nitrogens with zero attached hydrogens (tertiary/aromatic N) is 2. The van der Waals surface area contributed by atoms with Crippen LogP contribution in [0.2, 0.25) is 0 Å². The molecule has 0 unspecified atom stereocenters. The molecule has 0 saturated carbocycles. The number of rotatable bonds is 7. The van der Waals surface area contributed by atoms with Crippen molar-refractivity contribution < 1.29 is 9.53 Å². The Balaban J connectivity index is 1.56. The Labute approximate surface area is 159 Å². The molecule has 3 rings (SSSR count). The van der Waals surface area contributed by atoms with Crippen LogP contribution in [-0.2, 0) is 13.1 Å². The lowest BCUT2D eigenvalue weighted by Crippen LogP contribution is -2.26. The van der Waals surface area contributed by atoms with E-state index in [1.165, 1.54) is 0 Å². The minimum absolute atomic E-state index is 0.0481. The normalized spacial score (nSPS) is 10.3. The van der Waals surface area contributed by atoms with Gasteiger partial charge in [-0.2, -0.15) is 0 Å². The van der Waals surface area contributed by atoms with Crippen molar-refractivity contribution >= 4 is 11.7 Å². The molecule has 0 bridgehead atoms. The van der Waals surface area contributed by atoms with Gasteiger partial charge in [0, 0.05) is 26.3 Å². The van der Waals surface area contributed by atoms with E-state index < -0.39 is 0 Å². The van der Waals surface area contributed by atoms with Crippen molar-refractivity contribution in [3.63, 3.8) is 0 Å². The lowest BCUT2D eigenvalue weighted by atomic mass is 10.2. The fourth-order valence-corrected chi connectivity index (χ4v) is 2.71. The van der Waals surface area contributed by atoms with Gasteiger partial charge in [-0.25, -0.2) is 4.98 Å². The molecule has 0 saturated heterocycles. The molecule has 0 aliphatic carbocycles. The second kappa shape index (κ2) is 8.85. The van der Waals surface area contributed by atoms with E-state index in [4.69, 9.17) is 4.74 Å². The number of nitrogens with one attached hydrogen (secondary N) is 1. The summed E-state index contributed by atoms with van der Waals surface area (Å²) >= 11 is 0. The summed E-state index contributed by atoms with van der Waals surface area (Å²) in [6.07, 6.45) is 1.61. The maximum atomic E-state index is 12.6. The number of methoxy groups -OCH3 is 1. The first-order valence-electron chi connectivity index (χ1n) is 8.78. The largest absolute Gasteiger partial charge is 0.497 e. The predicted molar refractivity (Wildman–Crippen MR) is 107 cm³/mol. The fourth-order valence-electron chi connectivity index (χ4n) is 2.71. The van der Waals surface area contributed by atoms with Crippen molar-refractivity contribution in [3.8, 4) is 5.75 Å². The molecule has 1 N–H and O–H groups in total. The Bertz CT molecular complexity index is 862. The zero-order valence-corrected chi connectivity index (χ0v) is 15.6. The molecule has 0 fully saturated rings. The van der Waals surface area contributed by atoms with E-state index in [-0.39, 0.29) is 5.91 Å². The average Bonchev–Trinajstić information content (AvgIpc) is 2.73. The van der Waals surface area contributed by atoms with Crippen molar-refractivity contribution in [2.75, 3.05) is 19.5 Å². The van der Waals surface area contributed by atoms with E-state index in [1.807, 2.05) is 60.7 Å². The number of ether oxygens (including phenoxy) is 1. The van der Waals surface area contributed by atoms with Crippen LogP contribution in [0.25, 0.3) is 0 Å². The highest BCUT2D eigenvalue weighted by atomic mass is 16.5. The Morgan fingerprint density at radius 2 is 1.74 bits per heavy atom. The van der Waals surface area contributed by atoms with Crippen molar-refractivity contribution in [3.05, 3.63) is 89.6 Å². The third-order valence-corrected chi connectivity index (χ3v) is 4.25. The Morgan fingerprint density at radius 1 is 1.00 bits per heavy atom. The van der Waals surface area contributed by atoms with Gasteiger partial charge in [-0.05, 0) is 35.4 Å². The van der Waals surface area contributed by atoms with Crippen molar-refractivity contribution in [2.45, 2.75) is 13.1 Å². The molecule has 5 heteroatoms. The van der Waals surface area contributed by atoms with Crippen LogP contribution in [-0.4, -0.2) is 29.9 Å². The predicted octanol–water partition coefficient (Wildman–Crippen LogP) is 3.97. The zero-order chi connectivity index (χ0) is 19.1. The molecule has 0 aliphatic heterocycles. The van der Waals surface area contributed by atoms with Gasteiger partial charge in [0.2, 0.25) is 0 Å². The summed E-state index contributed by atoms with van der Waals surface area (Å²) in [5.74, 6) is 1.51. The summed E-state index contributed by atoms with van der Waals surface area (Å²) in [4.78, 5) is 18.6. The van der Waals surface area contributed by atoms with Crippen LogP contribution < -0.4 is 10.1 Å². The molecule has 27 heavy (non-hydrogen) atoms. The summed E-state index contributed by atoms with van der Waals surface area (Å²) in [5, 5.41) is 3.26. The summed E-state index contributed by atoms with van der Waals surface area (Å²) in [5.41, 5.74) is 2.79. The highest BCUT2D eigenvalue weighted by Gasteiger charge is 2.12. The van der Waals surface area contributed by atoms with E-state index in [0.29, 0.717) is 18.7 Å². The molecule has 0 aliphatic rings. The Kier molecular flexibility index (Phi) is 6.05. The number of pyridine rings is 1. The van der Waals surface area contributed by atoms with Crippen molar-refractivity contribution in [2.24, 2.45) is 0 Å². The molecule has 0 atom stereocenters. The van der Waals surface area contributed by atoms with E-state index >= 15 is 0 Å². The van der Waals surface area contributed by atoms with Gasteiger partial charge >= 0.3 is 0 Å². The number of hydrogen-bond donors (Lipinski definition) is 1. The lowest BCUT2D eigenvalue weighted by molar-refractivity contribution is 0.0784. The van der Waals surface area contributed by atoms with E-state index in [2.05, 4.69) is 10.3 Å². The van der Waals surface area contributed by atoms with Gasteiger partial charge in [0.1, 0.15) is 11.6 Å². The summed E-state index contributed by atoms with van der Waals surface area (Å²) in [7, 11) is 3.45. The summed E-state index contributed by atoms with van der Waals surface area (Å²) in [6, 6.07) is 21.4. The molecule has 138 valence electrons. The van der Waals surface area contributed by atoms with Gasteiger partial charge < -0.3 is 15.0 Å². The smallest absolute Gasteiger partial charge is 0.255 e. The maximum Gasteiger partial charge on any atom is 0.255 e. The number of aromatic nitrogens is 1. The minimum Gasteiger partial charge on any atom is -0.497 e. The fraction of sp³-hybridized carbons (Fsp3) is 0.182. The van der Waals surface area contributed by atoms with Gasteiger partial charge in [0.15, 0.2) is 0 Å². The van der Waals surface area contributed by atoms with Crippen LogP contribution in [0.4, 0.5) is 5.82 Å². The molecule has 1 aromatic heterocycles. The second-order valence-electron chi connectivity index (χ2n) is 6.28. The Hall–Kier alpha value is -3.34. The first-order valence-corrected chi connectivity index (χ1v) is 8.78. The molecule has 1 heterocycles. The van der Waals surface area contributed by atoms with Gasteiger partial charge in [0.25, 0.3) is 5.91 Å². The van der Waals surface area contributed by atoms with Gasteiger partial charge in [0.05, 0.1) is 12.7 Å². The highest BCUT2D eigenvalue weighted by Crippen LogP contribution is 2.14. The lowest BCUT2D eigenvalue weighted by Gasteiger charge is -2.17. The number of anilines is 1. The van der Waals surface area contributed by atoms with Crippen molar-refractivity contribution in [1.29, 1.82) is 0 Å². The van der Waals surface area contributed by atoms with E-state index in [0.717, 1.165) is 22.7 Å². The third kappa shape index (κ3) is 5.07. The number of carbonyl (C=O) groups excluding carboxylic acids is 1. The first-order chi connectivity index (χ1) is 13.2. The number of amides is 1. The topological polar surface area (TPSA) is 54.5 Å². The molecule has 1 amide bonds. The van der Waals surface area contributed by atoms with Crippen LogP contribution in [0.5, 0.6) is 5.75 Å². The highest BCUT2D eigenvalue weighted by molar-refractivity contribution is 5.93. The second-order valence-corrected chi connectivity index (χ2v) is 6.28. The molecule has 3 aromatic rings. The molecular weight excluding hydrogens is 338 g/mol. The van der Waals surface area contributed by atoms with Crippen LogP contribution in [0.3, 0.4) is 0 Å². The quantitative estimate of drug-likeness (QED) is 0.692. The van der Waals surface area contributed by atoms with Crippen LogP contribution >= 0.6 is 0 Å². The number of carbonyl (C=O) groups is 1. The summed E-state index contributed by atoms with van der Waals surface area (Å²) < 4.78 is 5.16. The van der Waals surface area contributed by atoms with Gasteiger partial charge in [-0.1, -0.05) is 42.5 Å². The standard InChI is InChI=1S/C22H23N3O2/c1-25(16-18-6-4-3-5-7-18)22(26)19-10-13-21(24-15-19)23-14-17-8-11-20(27-2)12-9-17/h3-13,15H,14,16H2,1-2H3,(H,23,24). The molecular formula is C22H23N3O2. The number of benzene rings is 2. The Morgan fingerprint density at radius 3 is 2.37 bits per heavy atom. The maximum absolute atomic E-state index is 12.6. The molecule has 5 nitrogen and oxygen atoms in total. The molecule has 0 spiro atoms. The summed E-state index contributed by atoms with van der Waals surface area (Å²) in [6.45, 7) is 1.22. The molecule has 0 radical (unpaired) electrons. The SMILES string of the molecule is COc1ccc(CNc2ccc(C(=O)N(C)Cc3ccccc3)cn2)cc1. The van der Waals surface area contributed by atoms with Gasteiger partial charge in [-0.3, -0.25) is 4.79 Å². The van der Waals surface area contributed by atoms with E-state index in [1.54, 1.807) is 31.3 Å². The van der Waals surface area contributed by atoms with Crippen LogP contribution in [0.15, 0.2) is 72.9 Å². The average molecular weight is 361 g/mol. The van der Waals surface area contributed by atoms with E-state index in [9.17, 15) is 4.79 Å². The monoisotopic (exact) mass is 361 g/mol. The van der Waals surface area contributed by atoms with Gasteiger partial charge in [-0.15, -0.1) is 0 Å². The first kappa shape index (κ1) is 18.5.